The molecular weight excluding hydrogens is 266 g/mol. The number of hydrogen-bond donors (Lipinski definition) is 1. The monoisotopic (exact) mass is 289 g/mol. The lowest BCUT2D eigenvalue weighted by atomic mass is 9.82. The molecule has 4 nitrogen and oxygen atoms in total. The van der Waals surface area contributed by atoms with Gasteiger partial charge in [0.15, 0.2) is 0 Å². The van der Waals surface area contributed by atoms with E-state index in [2.05, 4.69) is 0 Å². The van der Waals surface area contributed by atoms with Gasteiger partial charge in [-0.25, -0.2) is 0 Å². The topological polar surface area (TPSA) is 49.8 Å². The summed E-state index contributed by atoms with van der Waals surface area (Å²) in [7, 11) is 0. The van der Waals surface area contributed by atoms with Crippen molar-refractivity contribution in [2.24, 2.45) is 0 Å². The third-order valence-corrected chi connectivity index (χ3v) is 4.78. The lowest BCUT2D eigenvalue weighted by Gasteiger charge is -2.46. The predicted molar refractivity (Wildman–Crippen MR) is 80.2 cm³/mol. The molecule has 21 heavy (non-hydrogen) atoms. The van der Waals surface area contributed by atoms with E-state index in [1.807, 2.05) is 36.1 Å². The molecule has 2 saturated heterocycles. The smallest absolute Gasteiger partial charge is 0.253 e. The van der Waals surface area contributed by atoms with E-state index in [0.717, 1.165) is 43.4 Å². The Morgan fingerprint density at radius 2 is 2.14 bits per heavy atom. The van der Waals surface area contributed by atoms with Gasteiger partial charge in [-0.3, -0.25) is 4.79 Å². The molecule has 114 valence electrons. The summed E-state index contributed by atoms with van der Waals surface area (Å²) in [4.78, 5) is 14.4. The quantitative estimate of drug-likeness (QED) is 0.861. The van der Waals surface area contributed by atoms with Gasteiger partial charge in [0, 0.05) is 25.3 Å². The zero-order valence-corrected chi connectivity index (χ0v) is 12.5. The van der Waals surface area contributed by atoms with Gasteiger partial charge in [-0.05, 0) is 44.7 Å². The lowest BCUT2D eigenvalue weighted by Crippen LogP contribution is -2.56. The van der Waals surface area contributed by atoms with Gasteiger partial charge in [-0.15, -0.1) is 0 Å². The van der Waals surface area contributed by atoms with Crippen LogP contribution < -0.4 is 0 Å². The Labute approximate surface area is 125 Å². The largest absolute Gasteiger partial charge is 0.390 e. The van der Waals surface area contributed by atoms with Crippen molar-refractivity contribution in [1.29, 1.82) is 0 Å². The predicted octanol–water partition coefficient (Wildman–Crippen LogP) is 2.14. The molecule has 1 unspecified atom stereocenters. The highest BCUT2D eigenvalue weighted by molar-refractivity contribution is 5.94. The molecule has 1 aromatic carbocycles. The SMILES string of the molecule is Cc1cccc(C(=O)N2CCC3(CC2)OCCCC3O)c1. The summed E-state index contributed by atoms with van der Waals surface area (Å²) in [5.74, 6) is 0.0823. The van der Waals surface area contributed by atoms with Crippen molar-refractivity contribution in [3.63, 3.8) is 0 Å². The third kappa shape index (κ3) is 2.83. The Morgan fingerprint density at radius 1 is 1.38 bits per heavy atom. The molecule has 3 rings (SSSR count). The Morgan fingerprint density at radius 3 is 2.81 bits per heavy atom. The van der Waals surface area contributed by atoms with Gasteiger partial charge in [-0.2, -0.15) is 0 Å². The highest BCUT2D eigenvalue weighted by atomic mass is 16.5. The molecule has 1 spiro atoms. The van der Waals surface area contributed by atoms with E-state index in [-0.39, 0.29) is 12.0 Å². The van der Waals surface area contributed by atoms with Crippen LogP contribution in [0.25, 0.3) is 0 Å². The second kappa shape index (κ2) is 5.78. The van der Waals surface area contributed by atoms with Gasteiger partial charge >= 0.3 is 0 Å². The standard InChI is InChI=1S/C17H23NO3/c1-13-4-2-5-14(12-13)16(20)18-9-7-17(8-10-18)15(19)6-3-11-21-17/h2,4-5,12,15,19H,3,6-11H2,1H3. The summed E-state index contributed by atoms with van der Waals surface area (Å²) in [5, 5.41) is 10.2. The molecule has 0 radical (unpaired) electrons. The van der Waals surface area contributed by atoms with Crippen LogP contribution in [0.2, 0.25) is 0 Å². The molecule has 1 atom stereocenters. The number of rotatable bonds is 1. The molecule has 1 N–H and O–H groups in total. The first-order valence-electron chi connectivity index (χ1n) is 7.79. The molecule has 2 aliphatic heterocycles. The molecule has 1 amide bonds. The molecule has 2 aliphatic rings. The van der Waals surface area contributed by atoms with Gasteiger partial charge < -0.3 is 14.7 Å². The summed E-state index contributed by atoms with van der Waals surface area (Å²) < 4.78 is 5.88. The maximum Gasteiger partial charge on any atom is 0.253 e. The number of ether oxygens (including phenoxy) is 1. The van der Waals surface area contributed by atoms with Crippen LogP contribution in [0.1, 0.15) is 41.6 Å². The second-order valence-electron chi connectivity index (χ2n) is 6.23. The Bertz CT molecular complexity index is 521. The van der Waals surface area contributed by atoms with E-state index in [0.29, 0.717) is 13.1 Å². The lowest BCUT2D eigenvalue weighted by molar-refractivity contribution is -0.174. The first kappa shape index (κ1) is 14.5. The number of carbonyl (C=O) groups is 1. The average molecular weight is 289 g/mol. The minimum Gasteiger partial charge on any atom is -0.390 e. The molecule has 0 aromatic heterocycles. The zero-order valence-electron chi connectivity index (χ0n) is 12.5. The van der Waals surface area contributed by atoms with Crippen molar-refractivity contribution < 1.29 is 14.6 Å². The first-order chi connectivity index (χ1) is 10.1. The molecule has 2 heterocycles. The van der Waals surface area contributed by atoms with E-state index in [1.54, 1.807) is 0 Å². The van der Waals surface area contributed by atoms with Crippen LogP contribution >= 0.6 is 0 Å². The van der Waals surface area contributed by atoms with Crippen LogP contribution in [-0.2, 0) is 4.74 Å². The van der Waals surface area contributed by atoms with Crippen molar-refractivity contribution in [3.8, 4) is 0 Å². The molecule has 2 fully saturated rings. The van der Waals surface area contributed by atoms with Crippen LogP contribution in [0.15, 0.2) is 24.3 Å². The van der Waals surface area contributed by atoms with Gasteiger partial charge in [0.1, 0.15) is 0 Å². The highest BCUT2D eigenvalue weighted by Gasteiger charge is 2.44. The summed E-state index contributed by atoms with van der Waals surface area (Å²) in [6.07, 6.45) is 2.81. The second-order valence-corrected chi connectivity index (χ2v) is 6.23. The fourth-order valence-electron chi connectivity index (χ4n) is 3.44. The van der Waals surface area contributed by atoms with Crippen molar-refractivity contribution in [2.45, 2.75) is 44.3 Å². The maximum atomic E-state index is 12.5. The minimum absolute atomic E-state index is 0.0823. The molecule has 0 saturated carbocycles. The summed E-state index contributed by atoms with van der Waals surface area (Å²) in [6.45, 7) is 4.03. The van der Waals surface area contributed by atoms with E-state index < -0.39 is 5.60 Å². The van der Waals surface area contributed by atoms with Crippen molar-refractivity contribution >= 4 is 5.91 Å². The number of carbonyl (C=O) groups excluding carboxylic acids is 1. The van der Waals surface area contributed by atoms with Crippen LogP contribution in [0.5, 0.6) is 0 Å². The number of piperidine rings is 1. The van der Waals surface area contributed by atoms with Crippen LogP contribution in [-0.4, -0.2) is 47.3 Å². The number of hydrogen-bond acceptors (Lipinski definition) is 3. The Kier molecular flexibility index (Phi) is 4.00. The van der Waals surface area contributed by atoms with E-state index in [9.17, 15) is 9.90 Å². The molecular formula is C17H23NO3. The summed E-state index contributed by atoms with van der Waals surface area (Å²) in [6, 6.07) is 7.71. The van der Waals surface area contributed by atoms with Gasteiger partial charge in [0.25, 0.3) is 5.91 Å². The normalized spacial score (nSPS) is 25.0. The number of benzene rings is 1. The number of aliphatic hydroxyl groups excluding tert-OH is 1. The van der Waals surface area contributed by atoms with E-state index in [1.165, 1.54) is 0 Å². The zero-order chi connectivity index (χ0) is 14.9. The number of aliphatic hydroxyl groups is 1. The molecule has 1 aromatic rings. The number of likely N-dealkylation sites (tertiary alicyclic amines) is 1. The van der Waals surface area contributed by atoms with Crippen LogP contribution in [0, 0.1) is 6.92 Å². The van der Waals surface area contributed by atoms with Crippen LogP contribution in [0.4, 0.5) is 0 Å². The minimum atomic E-state index is -0.415. The van der Waals surface area contributed by atoms with Crippen LogP contribution in [0.3, 0.4) is 0 Å². The Balaban J connectivity index is 1.67. The Hall–Kier alpha value is -1.39. The van der Waals surface area contributed by atoms with Gasteiger partial charge in [0.2, 0.25) is 0 Å². The summed E-state index contributed by atoms with van der Waals surface area (Å²) >= 11 is 0. The van der Waals surface area contributed by atoms with Crippen molar-refractivity contribution in [2.75, 3.05) is 19.7 Å². The van der Waals surface area contributed by atoms with Crippen molar-refractivity contribution in [3.05, 3.63) is 35.4 Å². The van der Waals surface area contributed by atoms with E-state index in [4.69, 9.17) is 4.74 Å². The van der Waals surface area contributed by atoms with Crippen molar-refractivity contribution in [1.82, 2.24) is 4.90 Å². The fourth-order valence-corrected chi connectivity index (χ4v) is 3.44. The molecule has 0 bridgehead atoms. The molecule has 4 heteroatoms. The number of nitrogens with zero attached hydrogens (tertiary/aromatic N) is 1. The van der Waals surface area contributed by atoms with E-state index >= 15 is 0 Å². The fraction of sp³-hybridized carbons (Fsp3) is 0.588. The number of amides is 1. The molecule has 0 aliphatic carbocycles. The van der Waals surface area contributed by atoms with Gasteiger partial charge in [-0.1, -0.05) is 17.7 Å². The average Bonchev–Trinajstić information content (AvgIpc) is 2.50. The third-order valence-electron chi connectivity index (χ3n) is 4.78. The van der Waals surface area contributed by atoms with Gasteiger partial charge in [0.05, 0.1) is 11.7 Å². The first-order valence-corrected chi connectivity index (χ1v) is 7.79. The summed E-state index contributed by atoms with van der Waals surface area (Å²) in [5.41, 5.74) is 1.43. The maximum absolute atomic E-state index is 12.5. The number of aryl methyl sites for hydroxylation is 1. The highest BCUT2D eigenvalue weighted by Crippen LogP contribution is 2.35.